The van der Waals surface area contributed by atoms with E-state index in [2.05, 4.69) is 15.5 Å². The van der Waals surface area contributed by atoms with Gasteiger partial charge in [0.25, 0.3) is 5.91 Å². The maximum absolute atomic E-state index is 12.0. The average molecular weight is 401 g/mol. The Balaban J connectivity index is 1.44. The Morgan fingerprint density at radius 1 is 0.857 bits per heavy atom. The third-order valence-electron chi connectivity index (χ3n) is 3.56. The lowest BCUT2D eigenvalue weighted by molar-refractivity contribution is -0.118. The summed E-state index contributed by atoms with van der Waals surface area (Å²) >= 11 is 1.24. The Morgan fingerprint density at radius 3 is 1.96 bits per heavy atom. The third-order valence-corrected chi connectivity index (χ3v) is 4.38. The third kappa shape index (κ3) is 5.58. The van der Waals surface area contributed by atoms with Gasteiger partial charge in [-0.3, -0.25) is 10.1 Å². The van der Waals surface area contributed by atoms with Gasteiger partial charge in [-0.05, 0) is 48.5 Å². The molecule has 3 aromatic rings. The number of hydrogen-bond acceptors (Lipinski definition) is 8. The highest BCUT2D eigenvalue weighted by molar-refractivity contribution is 7.15. The van der Waals surface area contributed by atoms with E-state index in [1.54, 1.807) is 50.6 Å². The van der Waals surface area contributed by atoms with Crippen LogP contribution >= 0.6 is 11.3 Å². The zero-order valence-electron chi connectivity index (χ0n) is 15.4. The predicted molar refractivity (Wildman–Crippen MR) is 104 cm³/mol. The zero-order chi connectivity index (χ0) is 19.8. The first-order chi connectivity index (χ1) is 13.7. The number of hydrogen-bond donors (Lipinski definition) is 1. The molecule has 8 nitrogen and oxygen atoms in total. The first kappa shape index (κ1) is 19.4. The van der Waals surface area contributed by atoms with Gasteiger partial charge in [-0.1, -0.05) is 11.3 Å². The monoisotopic (exact) mass is 401 g/mol. The predicted octanol–water partition coefficient (Wildman–Crippen LogP) is 3.15. The molecule has 146 valence electrons. The molecule has 0 atom stereocenters. The van der Waals surface area contributed by atoms with Crippen molar-refractivity contribution in [3.05, 3.63) is 53.5 Å². The van der Waals surface area contributed by atoms with Crippen LogP contribution in [0.2, 0.25) is 0 Å². The van der Waals surface area contributed by atoms with Gasteiger partial charge in [0.05, 0.1) is 14.2 Å². The van der Waals surface area contributed by atoms with Crippen LogP contribution in [-0.2, 0) is 11.4 Å². The number of anilines is 1. The topological polar surface area (TPSA) is 91.8 Å². The van der Waals surface area contributed by atoms with Gasteiger partial charge in [0.15, 0.2) is 11.6 Å². The molecule has 9 heteroatoms. The Labute approximate surface area is 166 Å². The highest BCUT2D eigenvalue weighted by atomic mass is 32.1. The van der Waals surface area contributed by atoms with Crippen molar-refractivity contribution in [2.24, 2.45) is 0 Å². The van der Waals surface area contributed by atoms with Crippen molar-refractivity contribution in [3.8, 4) is 23.0 Å². The number of nitrogens with one attached hydrogen (secondary N) is 1. The summed E-state index contributed by atoms with van der Waals surface area (Å²) in [6.07, 6.45) is 0. The van der Waals surface area contributed by atoms with Gasteiger partial charge in [-0.15, -0.1) is 10.2 Å². The molecule has 1 amide bonds. The van der Waals surface area contributed by atoms with Gasteiger partial charge in [0.2, 0.25) is 5.13 Å². The fourth-order valence-electron chi connectivity index (χ4n) is 2.16. The van der Waals surface area contributed by atoms with Gasteiger partial charge in [-0.2, -0.15) is 0 Å². The molecule has 2 aromatic carbocycles. The lowest BCUT2D eigenvalue weighted by Crippen LogP contribution is -2.20. The standard InChI is InChI=1S/C19H19N3O5S/c1-24-13-3-7-15(8-4-13)26-11-17(23)20-19-22-21-18(28-19)12-27-16-9-5-14(25-2)6-10-16/h3-10H,11-12H2,1-2H3,(H,20,22,23). The number of carbonyl (C=O) groups is 1. The summed E-state index contributed by atoms with van der Waals surface area (Å²) in [7, 11) is 3.19. The van der Waals surface area contributed by atoms with Crippen molar-refractivity contribution in [2.45, 2.75) is 6.61 Å². The van der Waals surface area contributed by atoms with Crippen molar-refractivity contribution in [1.29, 1.82) is 0 Å². The summed E-state index contributed by atoms with van der Waals surface area (Å²) < 4.78 is 21.2. The molecule has 0 aliphatic heterocycles. The fourth-order valence-corrected chi connectivity index (χ4v) is 2.82. The maximum Gasteiger partial charge on any atom is 0.264 e. The minimum absolute atomic E-state index is 0.135. The van der Waals surface area contributed by atoms with Gasteiger partial charge >= 0.3 is 0 Å². The van der Waals surface area contributed by atoms with Crippen LogP contribution in [0.5, 0.6) is 23.0 Å². The minimum atomic E-state index is -0.324. The van der Waals surface area contributed by atoms with E-state index in [9.17, 15) is 4.79 Å². The van der Waals surface area contributed by atoms with Crippen LogP contribution in [0.4, 0.5) is 5.13 Å². The SMILES string of the molecule is COc1ccc(OCC(=O)Nc2nnc(COc3ccc(OC)cc3)s2)cc1. The molecule has 1 N–H and O–H groups in total. The van der Waals surface area contributed by atoms with Crippen LogP contribution in [0.3, 0.4) is 0 Å². The number of amides is 1. The molecule has 0 spiro atoms. The summed E-state index contributed by atoms with van der Waals surface area (Å²) in [5, 5.41) is 11.6. The summed E-state index contributed by atoms with van der Waals surface area (Å²) in [4.78, 5) is 12.0. The number of carbonyl (C=O) groups excluding carboxylic acids is 1. The second-order valence-corrected chi connectivity index (χ2v) is 6.54. The molecular weight excluding hydrogens is 382 g/mol. The largest absolute Gasteiger partial charge is 0.497 e. The Hall–Kier alpha value is -3.33. The van der Waals surface area contributed by atoms with E-state index in [1.165, 1.54) is 11.3 Å². The highest BCUT2D eigenvalue weighted by Crippen LogP contribution is 2.21. The van der Waals surface area contributed by atoms with Crippen LogP contribution < -0.4 is 24.3 Å². The van der Waals surface area contributed by atoms with E-state index in [0.29, 0.717) is 21.6 Å². The lowest BCUT2D eigenvalue weighted by Gasteiger charge is -2.06. The van der Waals surface area contributed by atoms with Crippen molar-refractivity contribution >= 4 is 22.4 Å². The number of rotatable bonds is 9. The van der Waals surface area contributed by atoms with E-state index < -0.39 is 0 Å². The molecule has 0 bridgehead atoms. The molecule has 28 heavy (non-hydrogen) atoms. The molecule has 1 heterocycles. The average Bonchev–Trinajstić information content (AvgIpc) is 3.18. The second kappa shape index (κ2) is 9.56. The maximum atomic E-state index is 12.0. The molecule has 1 aromatic heterocycles. The number of methoxy groups -OCH3 is 2. The van der Waals surface area contributed by atoms with Crippen LogP contribution in [-0.4, -0.2) is 36.9 Å². The molecule has 0 aliphatic rings. The fraction of sp³-hybridized carbons (Fsp3) is 0.211. The first-order valence-corrected chi connectivity index (χ1v) is 9.14. The lowest BCUT2D eigenvalue weighted by atomic mass is 10.3. The summed E-state index contributed by atoms with van der Waals surface area (Å²) in [5.41, 5.74) is 0. The molecule has 0 radical (unpaired) electrons. The van der Waals surface area contributed by atoms with Crippen LogP contribution in [0.1, 0.15) is 5.01 Å². The van der Waals surface area contributed by atoms with E-state index in [1.807, 2.05) is 12.1 Å². The quantitative estimate of drug-likeness (QED) is 0.589. The number of nitrogens with zero attached hydrogens (tertiary/aromatic N) is 2. The van der Waals surface area contributed by atoms with Crippen LogP contribution in [0, 0.1) is 0 Å². The zero-order valence-corrected chi connectivity index (χ0v) is 16.2. The van der Waals surface area contributed by atoms with Crippen molar-refractivity contribution in [1.82, 2.24) is 10.2 Å². The summed E-state index contributed by atoms with van der Waals surface area (Å²) in [5.74, 6) is 2.41. The van der Waals surface area contributed by atoms with Crippen molar-refractivity contribution in [3.63, 3.8) is 0 Å². The smallest absolute Gasteiger partial charge is 0.264 e. The molecule has 3 rings (SSSR count). The van der Waals surface area contributed by atoms with Crippen LogP contribution in [0.15, 0.2) is 48.5 Å². The molecule has 0 aliphatic carbocycles. The minimum Gasteiger partial charge on any atom is -0.497 e. The Bertz CT molecular complexity index is 897. The molecule has 0 unspecified atom stereocenters. The van der Waals surface area contributed by atoms with Gasteiger partial charge in [0.1, 0.15) is 29.6 Å². The van der Waals surface area contributed by atoms with E-state index in [-0.39, 0.29) is 19.1 Å². The molecule has 0 saturated heterocycles. The molecule has 0 saturated carbocycles. The molecular formula is C19H19N3O5S. The van der Waals surface area contributed by atoms with Crippen molar-refractivity contribution < 1.29 is 23.7 Å². The highest BCUT2D eigenvalue weighted by Gasteiger charge is 2.10. The second-order valence-electron chi connectivity index (χ2n) is 5.48. The molecule has 0 fully saturated rings. The summed E-state index contributed by atoms with van der Waals surface area (Å²) in [6, 6.07) is 14.2. The van der Waals surface area contributed by atoms with E-state index in [4.69, 9.17) is 18.9 Å². The van der Waals surface area contributed by atoms with Gasteiger partial charge < -0.3 is 18.9 Å². The van der Waals surface area contributed by atoms with Crippen molar-refractivity contribution in [2.75, 3.05) is 26.1 Å². The number of benzene rings is 2. The van der Waals surface area contributed by atoms with Gasteiger partial charge in [-0.25, -0.2) is 0 Å². The summed E-state index contributed by atoms with van der Waals surface area (Å²) in [6.45, 7) is 0.117. The number of aromatic nitrogens is 2. The number of ether oxygens (including phenoxy) is 4. The van der Waals surface area contributed by atoms with E-state index >= 15 is 0 Å². The Morgan fingerprint density at radius 2 is 1.39 bits per heavy atom. The Kier molecular flexibility index (Phi) is 6.64. The van der Waals surface area contributed by atoms with Crippen LogP contribution in [0.25, 0.3) is 0 Å². The normalized spacial score (nSPS) is 10.2. The first-order valence-electron chi connectivity index (χ1n) is 8.32. The van der Waals surface area contributed by atoms with Gasteiger partial charge in [0, 0.05) is 0 Å². The van der Waals surface area contributed by atoms with E-state index in [0.717, 1.165) is 11.5 Å².